The van der Waals surface area contributed by atoms with E-state index in [4.69, 9.17) is 4.74 Å². The van der Waals surface area contributed by atoms with Crippen molar-refractivity contribution < 1.29 is 19.3 Å². The Morgan fingerprint density at radius 3 is 2.59 bits per heavy atom. The molecule has 2 aromatic carbocycles. The van der Waals surface area contributed by atoms with Gasteiger partial charge in [0.2, 0.25) is 0 Å². The third-order valence-corrected chi connectivity index (χ3v) is 6.45. The molecule has 1 saturated carbocycles. The van der Waals surface area contributed by atoms with Crippen molar-refractivity contribution in [2.75, 3.05) is 12.4 Å². The van der Waals surface area contributed by atoms with Crippen LogP contribution in [0.15, 0.2) is 30.3 Å². The molecule has 0 radical (unpaired) electrons. The highest BCUT2D eigenvalue weighted by Gasteiger charge is 2.37. The summed E-state index contributed by atoms with van der Waals surface area (Å²) < 4.78 is 20.3. The van der Waals surface area contributed by atoms with Gasteiger partial charge in [-0.1, -0.05) is 18.2 Å². The van der Waals surface area contributed by atoms with E-state index < -0.39 is 11.7 Å². The number of fused-ring (bicyclic) bond motifs is 1. The van der Waals surface area contributed by atoms with E-state index >= 15 is 0 Å². The summed E-state index contributed by atoms with van der Waals surface area (Å²) in [6.07, 6.45) is 1.54. The Morgan fingerprint density at radius 2 is 1.91 bits per heavy atom. The molecule has 0 spiro atoms. The zero-order chi connectivity index (χ0) is 23.0. The molecule has 3 N–H and O–H groups in total. The average molecular weight is 440 g/mol. The van der Waals surface area contributed by atoms with E-state index in [9.17, 15) is 14.6 Å². The van der Waals surface area contributed by atoms with Crippen LogP contribution in [0.1, 0.15) is 61.2 Å². The number of nitrogens with one attached hydrogen (secondary N) is 1. The van der Waals surface area contributed by atoms with Crippen LogP contribution in [-0.2, 0) is 5.60 Å². The molecular formula is C25H30FN3O3. The number of aliphatic hydroxyl groups excluding tert-OH is 1. The second-order valence-corrected chi connectivity index (χ2v) is 8.80. The monoisotopic (exact) mass is 439 g/mol. The van der Waals surface area contributed by atoms with E-state index in [-0.39, 0.29) is 11.9 Å². The predicted molar refractivity (Wildman–Crippen MR) is 122 cm³/mol. The van der Waals surface area contributed by atoms with Crippen LogP contribution in [-0.4, -0.2) is 33.4 Å². The number of benzene rings is 2. The molecule has 0 bridgehead atoms. The van der Waals surface area contributed by atoms with Crippen LogP contribution in [0.2, 0.25) is 0 Å². The number of aromatic nitrogens is 2. The van der Waals surface area contributed by atoms with Crippen molar-refractivity contribution in [3.8, 4) is 5.75 Å². The van der Waals surface area contributed by atoms with Crippen LogP contribution in [0, 0.1) is 19.7 Å². The summed E-state index contributed by atoms with van der Waals surface area (Å²) in [5, 5.41) is 25.4. The van der Waals surface area contributed by atoms with Gasteiger partial charge in [-0.2, -0.15) is 0 Å². The molecule has 0 aliphatic heterocycles. The van der Waals surface area contributed by atoms with Gasteiger partial charge in [0.05, 0.1) is 30.4 Å². The number of halogens is 1. The van der Waals surface area contributed by atoms with Crippen molar-refractivity contribution in [3.63, 3.8) is 0 Å². The minimum atomic E-state index is -1.10. The van der Waals surface area contributed by atoms with Crippen molar-refractivity contribution in [3.05, 3.63) is 58.7 Å². The van der Waals surface area contributed by atoms with E-state index in [0.29, 0.717) is 65.3 Å². The van der Waals surface area contributed by atoms with Crippen molar-refractivity contribution in [2.45, 2.75) is 64.2 Å². The number of rotatable bonds is 5. The Kier molecular flexibility index (Phi) is 6.05. The van der Waals surface area contributed by atoms with Gasteiger partial charge in [0.15, 0.2) is 0 Å². The smallest absolute Gasteiger partial charge is 0.138 e. The van der Waals surface area contributed by atoms with Crippen LogP contribution >= 0.6 is 0 Å². The summed E-state index contributed by atoms with van der Waals surface area (Å²) in [7, 11) is 1.57. The fraction of sp³-hybridized carbons (Fsp3) is 0.440. The fourth-order valence-corrected chi connectivity index (χ4v) is 4.55. The van der Waals surface area contributed by atoms with Crippen LogP contribution in [0.25, 0.3) is 10.9 Å². The first kappa shape index (κ1) is 22.4. The number of hydrogen-bond acceptors (Lipinski definition) is 6. The third kappa shape index (κ3) is 4.14. The van der Waals surface area contributed by atoms with Gasteiger partial charge in [-0.05, 0) is 58.1 Å². The molecule has 7 heteroatoms. The third-order valence-electron chi connectivity index (χ3n) is 6.45. The van der Waals surface area contributed by atoms with Crippen LogP contribution in [0.5, 0.6) is 5.75 Å². The summed E-state index contributed by atoms with van der Waals surface area (Å²) in [6, 6.07) is 8.70. The van der Waals surface area contributed by atoms with Crippen LogP contribution in [0.4, 0.5) is 10.2 Å². The van der Waals surface area contributed by atoms with E-state index in [2.05, 4.69) is 15.3 Å². The molecule has 3 aromatic rings. The van der Waals surface area contributed by atoms with Gasteiger partial charge in [0, 0.05) is 22.6 Å². The fourth-order valence-electron chi connectivity index (χ4n) is 4.55. The van der Waals surface area contributed by atoms with Crippen molar-refractivity contribution in [1.82, 2.24) is 9.97 Å². The molecule has 1 aliphatic rings. The van der Waals surface area contributed by atoms with Crippen molar-refractivity contribution in [1.29, 1.82) is 0 Å². The number of anilines is 1. The lowest BCUT2D eigenvalue weighted by Gasteiger charge is -2.35. The lowest BCUT2D eigenvalue weighted by molar-refractivity contribution is -0.0373. The summed E-state index contributed by atoms with van der Waals surface area (Å²) in [5.74, 6) is 1.47. The molecule has 1 aromatic heterocycles. The Balaban J connectivity index is 1.80. The summed E-state index contributed by atoms with van der Waals surface area (Å²) in [6.45, 7) is 5.44. The van der Waals surface area contributed by atoms with Gasteiger partial charge in [-0.25, -0.2) is 14.4 Å². The molecule has 0 unspecified atom stereocenters. The molecule has 6 nitrogen and oxygen atoms in total. The second-order valence-electron chi connectivity index (χ2n) is 8.80. The Labute approximate surface area is 187 Å². The highest BCUT2D eigenvalue weighted by molar-refractivity contribution is 5.91. The molecule has 4 rings (SSSR count). The number of methoxy groups -OCH3 is 1. The quantitative estimate of drug-likeness (QED) is 0.535. The van der Waals surface area contributed by atoms with E-state index in [1.807, 2.05) is 25.1 Å². The SMILES string of the molecule is COc1cc2nc(C)nc(N[C@H](C)c3cccc(C)c3F)c2cc1C1(O)CCC(O)CC1. The molecular weight excluding hydrogens is 409 g/mol. The molecule has 1 aliphatic carbocycles. The molecule has 1 heterocycles. The van der Waals surface area contributed by atoms with E-state index in [1.54, 1.807) is 33.1 Å². The van der Waals surface area contributed by atoms with Gasteiger partial charge in [-0.3, -0.25) is 0 Å². The Hall–Kier alpha value is -2.77. The maximum atomic E-state index is 14.7. The predicted octanol–water partition coefficient (Wildman–Crippen LogP) is 4.69. The maximum Gasteiger partial charge on any atom is 0.138 e. The zero-order valence-corrected chi connectivity index (χ0v) is 18.9. The number of aliphatic hydroxyl groups is 2. The lowest BCUT2D eigenvalue weighted by atomic mass is 9.78. The van der Waals surface area contributed by atoms with Gasteiger partial charge >= 0.3 is 0 Å². The summed E-state index contributed by atoms with van der Waals surface area (Å²) in [4.78, 5) is 9.14. The van der Waals surface area contributed by atoms with E-state index in [0.717, 1.165) is 5.39 Å². The minimum absolute atomic E-state index is 0.236. The normalized spacial score (nSPS) is 22.0. The highest BCUT2D eigenvalue weighted by atomic mass is 19.1. The molecule has 0 saturated heterocycles. The van der Waals surface area contributed by atoms with Crippen molar-refractivity contribution in [2.24, 2.45) is 0 Å². The first-order chi connectivity index (χ1) is 15.2. The van der Waals surface area contributed by atoms with Crippen molar-refractivity contribution >= 4 is 16.7 Å². The Morgan fingerprint density at radius 1 is 1.19 bits per heavy atom. The molecule has 170 valence electrons. The molecule has 0 amide bonds. The molecule has 1 fully saturated rings. The van der Waals surface area contributed by atoms with Crippen LogP contribution in [0.3, 0.4) is 0 Å². The van der Waals surface area contributed by atoms with Crippen LogP contribution < -0.4 is 10.1 Å². The Bertz CT molecular complexity index is 1140. The summed E-state index contributed by atoms with van der Waals surface area (Å²) in [5.41, 5.74) is 1.38. The summed E-state index contributed by atoms with van der Waals surface area (Å²) >= 11 is 0. The first-order valence-electron chi connectivity index (χ1n) is 11.0. The standard InChI is InChI=1S/C25H30FN3O3/c1-14-6-5-7-18(23(14)26)15(2)27-24-19-12-20(25(31)10-8-17(30)9-11-25)22(32-4)13-21(19)28-16(3)29-24/h5-7,12-13,15,17,30-31H,8-11H2,1-4H3,(H,27,28,29)/t15-,17?,25?/m1/s1. The number of hydrogen-bond donors (Lipinski definition) is 3. The second kappa shape index (κ2) is 8.64. The lowest BCUT2D eigenvalue weighted by Crippen LogP contribution is -2.33. The highest BCUT2D eigenvalue weighted by Crippen LogP contribution is 2.43. The van der Waals surface area contributed by atoms with E-state index in [1.165, 1.54) is 0 Å². The number of aryl methyl sites for hydroxylation is 2. The van der Waals surface area contributed by atoms with Gasteiger partial charge in [0.1, 0.15) is 23.2 Å². The van der Waals surface area contributed by atoms with Gasteiger partial charge < -0.3 is 20.3 Å². The number of ether oxygens (including phenoxy) is 1. The zero-order valence-electron chi connectivity index (χ0n) is 18.9. The van der Waals surface area contributed by atoms with Gasteiger partial charge in [0.25, 0.3) is 0 Å². The minimum Gasteiger partial charge on any atom is -0.496 e. The maximum absolute atomic E-state index is 14.7. The molecule has 32 heavy (non-hydrogen) atoms. The topological polar surface area (TPSA) is 87.5 Å². The first-order valence-corrected chi connectivity index (χ1v) is 11.0. The van der Waals surface area contributed by atoms with Gasteiger partial charge in [-0.15, -0.1) is 0 Å². The molecule has 1 atom stereocenters. The average Bonchev–Trinajstić information content (AvgIpc) is 2.76. The number of nitrogens with zero attached hydrogens (tertiary/aromatic N) is 2. The largest absolute Gasteiger partial charge is 0.496 e.